The van der Waals surface area contributed by atoms with Crippen LogP contribution in [0.25, 0.3) is 0 Å². The minimum atomic E-state index is 0.624. The molecule has 0 aromatic rings. The maximum Gasteiger partial charge on any atom is 0.100 e. The Balaban J connectivity index is 2.02. The third-order valence-electron chi connectivity index (χ3n) is 6.37. The lowest BCUT2D eigenvalue weighted by Gasteiger charge is -2.32. The van der Waals surface area contributed by atoms with E-state index in [1.54, 1.807) is 0 Å². The fourth-order valence-corrected chi connectivity index (χ4v) is 4.51. The SMILES string of the molecule is CCCCCCCCCCCN1C=CN(CCCCCCCCCC)C1CC. The van der Waals surface area contributed by atoms with Crippen molar-refractivity contribution in [2.75, 3.05) is 13.1 Å². The van der Waals surface area contributed by atoms with E-state index in [2.05, 4.69) is 43.0 Å². The van der Waals surface area contributed by atoms with E-state index in [1.165, 1.54) is 129 Å². The molecule has 0 aromatic carbocycles. The van der Waals surface area contributed by atoms with E-state index in [9.17, 15) is 0 Å². The van der Waals surface area contributed by atoms with E-state index in [0.717, 1.165) is 0 Å². The van der Waals surface area contributed by atoms with Gasteiger partial charge in [0, 0.05) is 25.5 Å². The van der Waals surface area contributed by atoms with Crippen molar-refractivity contribution in [3.63, 3.8) is 0 Å². The number of hydrogen-bond acceptors (Lipinski definition) is 2. The molecule has 0 aliphatic carbocycles. The van der Waals surface area contributed by atoms with Crippen molar-refractivity contribution in [2.45, 2.75) is 143 Å². The Bertz CT molecular complexity index is 352. The zero-order valence-corrected chi connectivity index (χ0v) is 19.8. The largest absolute Gasteiger partial charge is 0.356 e. The smallest absolute Gasteiger partial charge is 0.100 e. The zero-order chi connectivity index (χ0) is 20.3. The maximum absolute atomic E-state index is 2.60. The summed E-state index contributed by atoms with van der Waals surface area (Å²) in [6.07, 6.45) is 30.7. The molecule has 1 rings (SSSR count). The molecule has 0 radical (unpaired) electrons. The summed E-state index contributed by atoms with van der Waals surface area (Å²) < 4.78 is 0. The van der Waals surface area contributed by atoms with E-state index in [1.807, 2.05) is 0 Å². The van der Waals surface area contributed by atoms with Crippen LogP contribution in [0.15, 0.2) is 12.4 Å². The monoisotopic (exact) mass is 392 g/mol. The van der Waals surface area contributed by atoms with Gasteiger partial charge in [-0.15, -0.1) is 0 Å². The summed E-state index contributed by atoms with van der Waals surface area (Å²) in [7, 11) is 0. The molecule has 0 spiro atoms. The topological polar surface area (TPSA) is 6.48 Å². The molecule has 2 nitrogen and oxygen atoms in total. The Kier molecular flexibility index (Phi) is 16.7. The first-order valence-corrected chi connectivity index (χ1v) is 13.0. The Hall–Kier alpha value is -0.660. The van der Waals surface area contributed by atoms with Crippen molar-refractivity contribution in [1.82, 2.24) is 9.80 Å². The van der Waals surface area contributed by atoms with Gasteiger partial charge < -0.3 is 9.80 Å². The van der Waals surface area contributed by atoms with E-state index in [4.69, 9.17) is 0 Å². The van der Waals surface area contributed by atoms with Gasteiger partial charge in [-0.05, 0) is 19.3 Å². The summed E-state index contributed by atoms with van der Waals surface area (Å²) in [4.78, 5) is 5.21. The van der Waals surface area contributed by atoms with Crippen molar-refractivity contribution < 1.29 is 0 Å². The van der Waals surface area contributed by atoms with Crippen molar-refractivity contribution in [3.8, 4) is 0 Å². The number of rotatable bonds is 20. The summed E-state index contributed by atoms with van der Waals surface area (Å²) in [5.41, 5.74) is 0. The van der Waals surface area contributed by atoms with Gasteiger partial charge in [0.2, 0.25) is 0 Å². The molecule has 0 N–H and O–H groups in total. The van der Waals surface area contributed by atoms with Crippen LogP contribution >= 0.6 is 0 Å². The predicted molar refractivity (Wildman–Crippen MR) is 126 cm³/mol. The minimum absolute atomic E-state index is 0.624. The molecule has 1 aliphatic rings. The van der Waals surface area contributed by atoms with Gasteiger partial charge in [0.25, 0.3) is 0 Å². The lowest BCUT2D eigenvalue weighted by molar-refractivity contribution is 0.144. The van der Waals surface area contributed by atoms with Crippen molar-refractivity contribution in [3.05, 3.63) is 12.4 Å². The van der Waals surface area contributed by atoms with Crippen molar-refractivity contribution in [1.29, 1.82) is 0 Å². The summed E-state index contributed by atoms with van der Waals surface area (Å²) in [6, 6.07) is 0. The first-order valence-electron chi connectivity index (χ1n) is 13.0. The molecule has 166 valence electrons. The number of nitrogens with zero attached hydrogens (tertiary/aromatic N) is 2. The van der Waals surface area contributed by atoms with Gasteiger partial charge in [-0.1, -0.05) is 117 Å². The van der Waals surface area contributed by atoms with Gasteiger partial charge in [-0.3, -0.25) is 0 Å². The van der Waals surface area contributed by atoms with Gasteiger partial charge in [-0.25, -0.2) is 0 Å². The third-order valence-corrected chi connectivity index (χ3v) is 6.37. The van der Waals surface area contributed by atoms with Crippen LogP contribution in [0.2, 0.25) is 0 Å². The highest BCUT2D eigenvalue weighted by atomic mass is 15.4. The van der Waals surface area contributed by atoms with E-state index in [0.29, 0.717) is 6.17 Å². The second-order valence-electron chi connectivity index (χ2n) is 8.97. The van der Waals surface area contributed by atoms with Gasteiger partial charge in [0.1, 0.15) is 6.17 Å². The van der Waals surface area contributed by atoms with Gasteiger partial charge in [0.05, 0.1) is 0 Å². The molecule has 0 saturated carbocycles. The first-order chi connectivity index (χ1) is 13.8. The Labute approximate surface area is 178 Å². The van der Waals surface area contributed by atoms with Crippen molar-refractivity contribution in [2.24, 2.45) is 0 Å². The maximum atomic E-state index is 2.60. The molecule has 0 saturated heterocycles. The molecule has 1 heterocycles. The number of hydrogen-bond donors (Lipinski definition) is 0. The minimum Gasteiger partial charge on any atom is -0.356 e. The van der Waals surface area contributed by atoms with E-state index >= 15 is 0 Å². The van der Waals surface area contributed by atoms with E-state index < -0.39 is 0 Å². The number of unbranched alkanes of at least 4 members (excludes halogenated alkanes) is 15. The molecular weight excluding hydrogens is 340 g/mol. The highest BCUT2D eigenvalue weighted by Crippen LogP contribution is 2.21. The fourth-order valence-electron chi connectivity index (χ4n) is 4.51. The van der Waals surface area contributed by atoms with Crippen molar-refractivity contribution >= 4 is 0 Å². The second-order valence-corrected chi connectivity index (χ2v) is 8.97. The molecule has 2 heteroatoms. The summed E-state index contributed by atoms with van der Waals surface area (Å²) in [5, 5.41) is 0. The Morgan fingerprint density at radius 3 is 1.11 bits per heavy atom. The van der Waals surface area contributed by atoms with Crippen LogP contribution in [-0.2, 0) is 0 Å². The van der Waals surface area contributed by atoms with Crippen LogP contribution in [0.5, 0.6) is 0 Å². The molecule has 1 atom stereocenters. The summed E-state index contributed by atoms with van der Waals surface area (Å²) >= 11 is 0. The summed E-state index contributed by atoms with van der Waals surface area (Å²) in [5.74, 6) is 0. The quantitative estimate of drug-likeness (QED) is 0.192. The normalized spacial score (nSPS) is 16.5. The van der Waals surface area contributed by atoms with Crippen LogP contribution in [0.3, 0.4) is 0 Å². The Morgan fingerprint density at radius 2 is 0.786 bits per heavy atom. The predicted octanol–water partition coefficient (Wildman–Crippen LogP) is 8.48. The van der Waals surface area contributed by atoms with Gasteiger partial charge in [0.15, 0.2) is 0 Å². The lowest BCUT2D eigenvalue weighted by atomic mass is 10.1. The Morgan fingerprint density at radius 1 is 0.464 bits per heavy atom. The van der Waals surface area contributed by atoms with Crippen LogP contribution in [0.4, 0.5) is 0 Å². The highest BCUT2D eigenvalue weighted by Gasteiger charge is 2.23. The van der Waals surface area contributed by atoms with Gasteiger partial charge >= 0.3 is 0 Å². The summed E-state index contributed by atoms with van der Waals surface area (Å²) in [6.45, 7) is 9.44. The zero-order valence-electron chi connectivity index (χ0n) is 19.8. The fraction of sp³-hybridized carbons (Fsp3) is 0.923. The molecule has 1 unspecified atom stereocenters. The van der Waals surface area contributed by atoms with E-state index in [-0.39, 0.29) is 0 Å². The van der Waals surface area contributed by atoms with Crippen LogP contribution in [-0.4, -0.2) is 29.1 Å². The molecule has 28 heavy (non-hydrogen) atoms. The third kappa shape index (κ3) is 12.0. The molecule has 0 fully saturated rings. The molecule has 1 aliphatic heterocycles. The van der Waals surface area contributed by atoms with Crippen LogP contribution < -0.4 is 0 Å². The lowest BCUT2D eigenvalue weighted by Crippen LogP contribution is -2.38. The van der Waals surface area contributed by atoms with Crippen LogP contribution in [0, 0.1) is 0 Å². The van der Waals surface area contributed by atoms with Gasteiger partial charge in [-0.2, -0.15) is 0 Å². The molecule has 0 amide bonds. The highest BCUT2D eigenvalue weighted by molar-refractivity contribution is 4.96. The average Bonchev–Trinajstić information content (AvgIpc) is 3.10. The molecular formula is C26H52N2. The first kappa shape index (κ1) is 25.4. The molecule has 0 bridgehead atoms. The second kappa shape index (κ2) is 18.4. The van der Waals surface area contributed by atoms with Crippen LogP contribution in [0.1, 0.15) is 136 Å². The average molecular weight is 393 g/mol. The molecule has 0 aromatic heterocycles. The standard InChI is InChI=1S/C26H52N2/c1-4-7-9-11-13-15-17-19-21-23-28-25-24-27(26(28)6-3)22-20-18-16-14-12-10-8-5-2/h24-26H,4-23H2,1-3H3.